The molecule has 0 aliphatic carbocycles. The van der Waals surface area contributed by atoms with E-state index in [0.29, 0.717) is 47.4 Å². The summed E-state index contributed by atoms with van der Waals surface area (Å²) in [5, 5.41) is 9.38. The minimum atomic E-state index is -0.0140. The fourth-order valence-electron chi connectivity index (χ4n) is 2.91. The molecule has 2 unspecified atom stereocenters. The Labute approximate surface area is 190 Å². The van der Waals surface area contributed by atoms with Gasteiger partial charge in [-0.3, -0.25) is 9.59 Å². The summed E-state index contributed by atoms with van der Waals surface area (Å²) in [6.07, 6.45) is 12.4. The summed E-state index contributed by atoms with van der Waals surface area (Å²) in [5.41, 5.74) is 1.51. The largest absolute Gasteiger partial charge is 0.294 e. The Balaban J connectivity index is 0.000000311. The molecule has 0 aliphatic heterocycles. The Kier molecular flexibility index (Phi) is 11.5. The number of halogens is 1. The van der Waals surface area contributed by atoms with Gasteiger partial charge in [0, 0.05) is 36.8 Å². The Morgan fingerprint density at radius 2 is 1.32 bits per heavy atom. The van der Waals surface area contributed by atoms with E-state index in [4.69, 9.17) is 29.7 Å². The maximum Gasteiger partial charge on any atom is 0.164 e. The van der Waals surface area contributed by atoms with Crippen molar-refractivity contribution >= 4 is 23.2 Å². The van der Waals surface area contributed by atoms with Gasteiger partial charge in [-0.25, -0.2) is 0 Å². The molecule has 0 radical (unpaired) electrons. The molecule has 0 aliphatic rings. The van der Waals surface area contributed by atoms with Crippen LogP contribution in [-0.4, -0.2) is 11.6 Å². The van der Waals surface area contributed by atoms with Gasteiger partial charge < -0.3 is 0 Å². The molecule has 0 aromatic heterocycles. The van der Waals surface area contributed by atoms with Crippen LogP contribution in [-0.2, 0) is 0 Å². The Morgan fingerprint density at radius 1 is 0.871 bits per heavy atom. The maximum atomic E-state index is 11.9. The minimum absolute atomic E-state index is 0.0140. The van der Waals surface area contributed by atoms with Gasteiger partial charge in [-0.1, -0.05) is 55.8 Å². The lowest BCUT2D eigenvalue weighted by Crippen LogP contribution is -2.07. The molecule has 0 saturated heterocycles. The van der Waals surface area contributed by atoms with E-state index >= 15 is 0 Å². The minimum Gasteiger partial charge on any atom is -0.294 e. The summed E-state index contributed by atoms with van der Waals surface area (Å²) >= 11 is 5.92. The van der Waals surface area contributed by atoms with Crippen molar-refractivity contribution in [3.8, 4) is 30.8 Å². The lowest BCUT2D eigenvalue weighted by molar-refractivity contribution is 0.0957. The average Bonchev–Trinajstić information content (AvgIpc) is 2.74. The number of nitriles is 1. The third kappa shape index (κ3) is 8.92. The zero-order valence-electron chi connectivity index (χ0n) is 17.9. The lowest BCUT2D eigenvalue weighted by Gasteiger charge is -2.07. The van der Waals surface area contributed by atoms with Crippen LogP contribution in [0.15, 0.2) is 48.5 Å². The standard InChI is InChI=1S/C14H13NO.C13H13ClO/c1-3-6-11(2)9-14(16)13-8-5-4-7-12(13)10-15;1-3-6-10(2)9-13(15)11-7-4-5-8-12(11)14/h1,4-5,7-8,11H,6,9H2,2H3;1,4-5,7-8,10H,6,9H2,2H3. The number of carbonyl (C=O) groups is 2. The quantitative estimate of drug-likeness (QED) is 0.360. The zero-order valence-corrected chi connectivity index (χ0v) is 18.7. The molecule has 0 amide bonds. The summed E-state index contributed by atoms with van der Waals surface area (Å²) in [5.74, 6) is 5.50. The van der Waals surface area contributed by atoms with Crippen molar-refractivity contribution in [3.63, 3.8) is 0 Å². The number of benzene rings is 2. The molecule has 0 bridgehead atoms. The molecule has 158 valence electrons. The fraction of sp³-hybridized carbons (Fsp3) is 0.296. The van der Waals surface area contributed by atoms with Crippen LogP contribution in [0.3, 0.4) is 0 Å². The number of terminal acetylenes is 2. The van der Waals surface area contributed by atoms with Crippen LogP contribution in [0.1, 0.15) is 65.8 Å². The van der Waals surface area contributed by atoms with Crippen molar-refractivity contribution in [3.05, 3.63) is 70.2 Å². The second-order valence-corrected chi connectivity index (χ2v) is 7.83. The highest BCUT2D eigenvalue weighted by atomic mass is 35.5. The molecule has 2 atom stereocenters. The monoisotopic (exact) mass is 431 g/mol. The van der Waals surface area contributed by atoms with E-state index in [1.807, 2.05) is 32.0 Å². The van der Waals surface area contributed by atoms with E-state index in [-0.39, 0.29) is 23.4 Å². The van der Waals surface area contributed by atoms with Gasteiger partial charge in [-0.15, -0.1) is 24.7 Å². The smallest absolute Gasteiger partial charge is 0.164 e. The molecule has 0 heterocycles. The number of nitrogens with zero attached hydrogens (tertiary/aromatic N) is 1. The fourth-order valence-corrected chi connectivity index (χ4v) is 3.15. The normalized spacial score (nSPS) is 11.5. The number of Topliss-reactive ketones (excluding diaryl/α,β-unsaturated/α-hetero) is 2. The first kappa shape index (κ1) is 25.7. The zero-order chi connectivity index (χ0) is 23.2. The molecule has 0 N–H and O–H groups in total. The van der Waals surface area contributed by atoms with Crippen LogP contribution in [0.25, 0.3) is 0 Å². The van der Waals surface area contributed by atoms with Gasteiger partial charge >= 0.3 is 0 Å². The number of rotatable bonds is 8. The van der Waals surface area contributed by atoms with Crippen LogP contribution in [0.4, 0.5) is 0 Å². The van der Waals surface area contributed by atoms with Crippen molar-refractivity contribution in [1.29, 1.82) is 5.26 Å². The van der Waals surface area contributed by atoms with Gasteiger partial charge in [0.05, 0.1) is 16.7 Å². The van der Waals surface area contributed by atoms with Crippen molar-refractivity contribution in [2.45, 2.75) is 39.5 Å². The van der Waals surface area contributed by atoms with Crippen LogP contribution < -0.4 is 0 Å². The van der Waals surface area contributed by atoms with Crippen LogP contribution in [0.5, 0.6) is 0 Å². The SMILES string of the molecule is C#CCC(C)CC(=O)c1ccccc1C#N.C#CCC(C)CC(=O)c1ccccc1Cl. The molecule has 31 heavy (non-hydrogen) atoms. The van der Waals surface area contributed by atoms with Gasteiger partial charge in [-0.05, 0) is 30.0 Å². The molecule has 4 heteroatoms. The van der Waals surface area contributed by atoms with Crippen LogP contribution in [0, 0.1) is 47.9 Å². The van der Waals surface area contributed by atoms with Gasteiger partial charge in [0.15, 0.2) is 11.6 Å². The second kappa shape index (κ2) is 13.8. The highest BCUT2D eigenvalue weighted by molar-refractivity contribution is 6.33. The number of ketones is 2. The van der Waals surface area contributed by atoms with E-state index in [1.54, 1.807) is 36.4 Å². The number of hydrogen-bond donors (Lipinski definition) is 0. The van der Waals surface area contributed by atoms with Gasteiger partial charge in [0.1, 0.15) is 0 Å². The first-order valence-corrected chi connectivity index (χ1v) is 10.4. The van der Waals surface area contributed by atoms with E-state index in [9.17, 15) is 9.59 Å². The highest BCUT2D eigenvalue weighted by Crippen LogP contribution is 2.19. The highest BCUT2D eigenvalue weighted by Gasteiger charge is 2.14. The Morgan fingerprint density at radius 3 is 1.81 bits per heavy atom. The van der Waals surface area contributed by atoms with Crippen molar-refractivity contribution in [2.24, 2.45) is 11.8 Å². The summed E-state index contributed by atoms with van der Waals surface area (Å²) in [6.45, 7) is 3.90. The number of hydrogen-bond acceptors (Lipinski definition) is 3. The topological polar surface area (TPSA) is 57.9 Å². The molecular formula is C27H26ClNO2. The van der Waals surface area contributed by atoms with Crippen LogP contribution in [0.2, 0.25) is 5.02 Å². The van der Waals surface area contributed by atoms with E-state index in [1.165, 1.54) is 0 Å². The molecule has 0 spiro atoms. The van der Waals surface area contributed by atoms with E-state index in [0.717, 1.165) is 0 Å². The van der Waals surface area contributed by atoms with Crippen molar-refractivity contribution in [1.82, 2.24) is 0 Å². The molecule has 2 rings (SSSR count). The molecule has 0 saturated carbocycles. The van der Waals surface area contributed by atoms with Gasteiger partial charge in [0.2, 0.25) is 0 Å². The van der Waals surface area contributed by atoms with E-state index < -0.39 is 0 Å². The van der Waals surface area contributed by atoms with Crippen molar-refractivity contribution < 1.29 is 9.59 Å². The van der Waals surface area contributed by atoms with Crippen LogP contribution >= 0.6 is 11.6 Å². The molecule has 2 aromatic carbocycles. The van der Waals surface area contributed by atoms with Crippen molar-refractivity contribution in [2.75, 3.05) is 0 Å². The molecule has 3 nitrogen and oxygen atoms in total. The second-order valence-electron chi connectivity index (χ2n) is 7.42. The first-order chi connectivity index (χ1) is 14.8. The first-order valence-electron chi connectivity index (χ1n) is 10.0. The molecule has 2 aromatic rings. The Hall–Kier alpha value is -3.32. The predicted molar refractivity (Wildman–Crippen MR) is 126 cm³/mol. The Bertz CT molecular complexity index is 1020. The molecular weight excluding hydrogens is 406 g/mol. The summed E-state index contributed by atoms with van der Waals surface area (Å²) in [4.78, 5) is 23.7. The summed E-state index contributed by atoms with van der Waals surface area (Å²) < 4.78 is 0. The summed E-state index contributed by atoms with van der Waals surface area (Å²) in [7, 11) is 0. The molecule has 0 fully saturated rings. The predicted octanol–water partition coefficient (Wildman–Crippen LogP) is 6.36. The van der Waals surface area contributed by atoms with E-state index in [2.05, 4.69) is 11.8 Å². The lowest BCUT2D eigenvalue weighted by atomic mass is 9.95. The summed E-state index contributed by atoms with van der Waals surface area (Å²) in [6, 6.07) is 16.0. The maximum absolute atomic E-state index is 11.9. The number of carbonyl (C=O) groups excluding carboxylic acids is 2. The third-order valence-corrected chi connectivity index (χ3v) is 4.85. The van der Waals surface area contributed by atoms with Gasteiger partial charge in [0.25, 0.3) is 0 Å². The third-order valence-electron chi connectivity index (χ3n) is 4.52. The van der Waals surface area contributed by atoms with Gasteiger partial charge in [-0.2, -0.15) is 5.26 Å². The average molecular weight is 432 g/mol.